The van der Waals surface area contributed by atoms with E-state index in [2.05, 4.69) is 14.9 Å². The van der Waals surface area contributed by atoms with Gasteiger partial charge in [-0.3, -0.25) is 0 Å². The Morgan fingerprint density at radius 1 is 1.42 bits per heavy atom. The Morgan fingerprint density at radius 2 is 2.26 bits per heavy atom. The number of imidazole rings is 1. The van der Waals surface area contributed by atoms with Gasteiger partial charge in [-0.05, 0) is 43.9 Å². The lowest BCUT2D eigenvalue weighted by Gasteiger charge is -2.37. The van der Waals surface area contributed by atoms with Gasteiger partial charge in [0.05, 0.1) is 11.0 Å². The second-order valence-electron chi connectivity index (χ2n) is 5.08. The molecule has 5 heteroatoms. The molecule has 1 aliphatic carbocycles. The molecule has 19 heavy (non-hydrogen) atoms. The number of nitrogens with one attached hydrogen (secondary N) is 1. The van der Waals surface area contributed by atoms with Crippen molar-refractivity contribution in [3.8, 4) is 0 Å². The van der Waals surface area contributed by atoms with Gasteiger partial charge in [-0.25, -0.2) is 9.37 Å². The zero-order valence-electron chi connectivity index (χ0n) is 10.8. The van der Waals surface area contributed by atoms with Gasteiger partial charge in [-0.15, -0.1) is 0 Å². The van der Waals surface area contributed by atoms with Crippen LogP contribution in [-0.4, -0.2) is 34.3 Å². The number of aromatic nitrogens is 2. The highest BCUT2D eigenvalue weighted by atomic mass is 19.1. The average molecular weight is 263 g/mol. The molecule has 0 bridgehead atoms. The fraction of sp³-hybridized carbons (Fsp3) is 0.500. The molecule has 0 radical (unpaired) electrons. The minimum Gasteiger partial charge on any atom is -0.396 e. The Kier molecular flexibility index (Phi) is 3.38. The summed E-state index contributed by atoms with van der Waals surface area (Å²) in [4.78, 5) is 9.93. The van der Waals surface area contributed by atoms with Crippen molar-refractivity contribution in [1.82, 2.24) is 9.97 Å². The number of fused-ring (bicyclic) bond motifs is 1. The van der Waals surface area contributed by atoms with Crippen molar-refractivity contribution in [3.05, 3.63) is 24.0 Å². The summed E-state index contributed by atoms with van der Waals surface area (Å²) in [5.74, 6) is 0.534. The summed E-state index contributed by atoms with van der Waals surface area (Å²) in [6.45, 7) is 0.960. The quantitative estimate of drug-likeness (QED) is 0.871. The monoisotopic (exact) mass is 263 g/mol. The number of rotatable bonds is 5. The van der Waals surface area contributed by atoms with Crippen LogP contribution >= 0.6 is 0 Å². The molecule has 1 saturated carbocycles. The number of hydrogen-bond acceptors (Lipinski definition) is 3. The zero-order valence-corrected chi connectivity index (χ0v) is 10.8. The number of aromatic amines is 1. The molecular formula is C14H18FN3O. The zero-order chi connectivity index (χ0) is 13.2. The number of H-pyrrole nitrogens is 1. The number of aliphatic hydroxyl groups excluding tert-OH is 1. The van der Waals surface area contributed by atoms with Crippen molar-refractivity contribution in [2.75, 3.05) is 18.1 Å². The van der Waals surface area contributed by atoms with Crippen LogP contribution in [0.15, 0.2) is 18.2 Å². The largest absolute Gasteiger partial charge is 0.396 e. The molecule has 0 aliphatic heterocycles. The first-order valence-corrected chi connectivity index (χ1v) is 6.80. The summed E-state index contributed by atoms with van der Waals surface area (Å²) in [5.41, 5.74) is 1.51. The topological polar surface area (TPSA) is 52.1 Å². The van der Waals surface area contributed by atoms with Gasteiger partial charge in [-0.2, -0.15) is 0 Å². The van der Waals surface area contributed by atoms with E-state index >= 15 is 0 Å². The molecule has 1 fully saturated rings. The lowest BCUT2D eigenvalue weighted by Crippen LogP contribution is -2.41. The Hall–Kier alpha value is -1.62. The van der Waals surface area contributed by atoms with E-state index in [0.717, 1.165) is 42.8 Å². The number of hydrogen-bond donors (Lipinski definition) is 2. The molecule has 0 spiro atoms. The molecule has 0 saturated heterocycles. The minimum atomic E-state index is -0.256. The summed E-state index contributed by atoms with van der Waals surface area (Å²) in [6, 6.07) is 5.08. The highest BCUT2D eigenvalue weighted by Crippen LogP contribution is 2.29. The van der Waals surface area contributed by atoms with Gasteiger partial charge in [0.25, 0.3) is 0 Å². The van der Waals surface area contributed by atoms with Crippen LogP contribution < -0.4 is 4.90 Å². The first-order valence-electron chi connectivity index (χ1n) is 6.80. The Labute approximate surface area is 111 Å². The van der Waals surface area contributed by atoms with E-state index in [9.17, 15) is 4.39 Å². The fourth-order valence-electron chi connectivity index (χ4n) is 2.51. The SMILES string of the molecule is OCCCN(c1nc2ccc(F)cc2[nH]1)C1CCC1. The fourth-order valence-corrected chi connectivity index (χ4v) is 2.51. The van der Waals surface area contributed by atoms with Crippen LogP contribution in [0.2, 0.25) is 0 Å². The first-order chi connectivity index (χ1) is 9.28. The molecule has 0 atom stereocenters. The smallest absolute Gasteiger partial charge is 0.204 e. The standard InChI is InChI=1S/C14H18FN3O/c15-10-5-6-12-13(9-10)17-14(16-12)18(7-2-8-19)11-3-1-4-11/h5-6,9,11,19H,1-4,7-8H2,(H,16,17). The number of nitrogens with zero attached hydrogens (tertiary/aromatic N) is 2. The van der Waals surface area contributed by atoms with Crippen LogP contribution in [0.3, 0.4) is 0 Å². The highest BCUT2D eigenvalue weighted by Gasteiger charge is 2.26. The normalized spacial score (nSPS) is 15.7. The van der Waals surface area contributed by atoms with Crippen LogP contribution in [-0.2, 0) is 0 Å². The maximum atomic E-state index is 13.2. The van der Waals surface area contributed by atoms with Crippen molar-refractivity contribution in [1.29, 1.82) is 0 Å². The first kappa shape index (κ1) is 12.4. The van der Waals surface area contributed by atoms with Crippen LogP contribution in [0.1, 0.15) is 25.7 Å². The van der Waals surface area contributed by atoms with E-state index in [1.165, 1.54) is 18.6 Å². The van der Waals surface area contributed by atoms with E-state index in [1.807, 2.05) is 0 Å². The van der Waals surface area contributed by atoms with Crippen LogP contribution in [0.25, 0.3) is 11.0 Å². The number of halogens is 1. The van der Waals surface area contributed by atoms with Gasteiger partial charge in [-0.1, -0.05) is 0 Å². The van der Waals surface area contributed by atoms with Gasteiger partial charge in [0, 0.05) is 19.2 Å². The molecule has 2 aromatic rings. The molecule has 1 aromatic carbocycles. The number of anilines is 1. The second kappa shape index (κ2) is 5.17. The van der Waals surface area contributed by atoms with Crippen molar-refractivity contribution in [2.45, 2.75) is 31.7 Å². The van der Waals surface area contributed by atoms with E-state index < -0.39 is 0 Å². The third kappa shape index (κ3) is 2.42. The maximum absolute atomic E-state index is 13.2. The third-order valence-corrected chi connectivity index (χ3v) is 3.78. The van der Waals surface area contributed by atoms with Gasteiger partial charge in [0.1, 0.15) is 5.82 Å². The molecule has 0 unspecified atom stereocenters. The lowest BCUT2D eigenvalue weighted by molar-refractivity contribution is 0.282. The molecule has 2 N–H and O–H groups in total. The summed E-state index contributed by atoms with van der Waals surface area (Å²) in [7, 11) is 0. The predicted molar refractivity (Wildman–Crippen MR) is 72.7 cm³/mol. The van der Waals surface area contributed by atoms with Crippen molar-refractivity contribution in [2.24, 2.45) is 0 Å². The summed E-state index contributed by atoms with van der Waals surface area (Å²) >= 11 is 0. The van der Waals surface area contributed by atoms with E-state index in [4.69, 9.17) is 5.11 Å². The molecule has 1 aliphatic rings. The van der Waals surface area contributed by atoms with E-state index in [-0.39, 0.29) is 12.4 Å². The van der Waals surface area contributed by atoms with Gasteiger partial charge in [0.2, 0.25) is 5.95 Å². The summed E-state index contributed by atoms with van der Waals surface area (Å²) in [6.07, 6.45) is 4.30. The lowest BCUT2D eigenvalue weighted by atomic mass is 9.91. The van der Waals surface area contributed by atoms with E-state index in [0.29, 0.717) is 6.04 Å². The van der Waals surface area contributed by atoms with Crippen LogP contribution in [0, 0.1) is 5.82 Å². The Balaban J connectivity index is 1.89. The highest BCUT2D eigenvalue weighted by molar-refractivity contribution is 5.77. The number of aliphatic hydroxyl groups is 1. The molecule has 102 valence electrons. The van der Waals surface area contributed by atoms with Crippen LogP contribution in [0.4, 0.5) is 10.3 Å². The van der Waals surface area contributed by atoms with Crippen molar-refractivity contribution >= 4 is 17.0 Å². The van der Waals surface area contributed by atoms with Crippen molar-refractivity contribution < 1.29 is 9.50 Å². The Morgan fingerprint density at radius 3 is 2.95 bits per heavy atom. The summed E-state index contributed by atoms with van der Waals surface area (Å²) in [5, 5.41) is 9.00. The molecule has 3 rings (SSSR count). The average Bonchev–Trinajstić information content (AvgIpc) is 2.74. The van der Waals surface area contributed by atoms with Gasteiger partial charge in [0.15, 0.2) is 0 Å². The summed E-state index contributed by atoms with van der Waals surface area (Å²) < 4.78 is 13.2. The number of benzene rings is 1. The molecule has 1 heterocycles. The second-order valence-corrected chi connectivity index (χ2v) is 5.08. The van der Waals surface area contributed by atoms with Gasteiger partial charge >= 0.3 is 0 Å². The Bertz CT molecular complexity index is 565. The third-order valence-electron chi connectivity index (χ3n) is 3.78. The molecule has 4 nitrogen and oxygen atoms in total. The van der Waals surface area contributed by atoms with Crippen molar-refractivity contribution in [3.63, 3.8) is 0 Å². The van der Waals surface area contributed by atoms with Gasteiger partial charge < -0.3 is 15.0 Å². The molecule has 1 aromatic heterocycles. The van der Waals surface area contributed by atoms with Crippen LogP contribution in [0.5, 0.6) is 0 Å². The maximum Gasteiger partial charge on any atom is 0.204 e. The predicted octanol–water partition coefficient (Wildman–Crippen LogP) is 2.44. The minimum absolute atomic E-state index is 0.179. The van der Waals surface area contributed by atoms with E-state index in [1.54, 1.807) is 6.07 Å². The molecule has 0 amide bonds. The molecular weight excluding hydrogens is 245 g/mol.